The number of piperidine rings is 1. The van der Waals surface area contributed by atoms with Crippen molar-refractivity contribution in [3.8, 4) is 11.8 Å². The Balaban J connectivity index is 1.73. The van der Waals surface area contributed by atoms with Crippen LogP contribution in [0.3, 0.4) is 0 Å². The van der Waals surface area contributed by atoms with Crippen molar-refractivity contribution in [2.75, 3.05) is 19.7 Å². The second-order valence-corrected chi connectivity index (χ2v) is 6.25. The van der Waals surface area contributed by atoms with E-state index < -0.39 is 0 Å². The molecule has 3 nitrogen and oxygen atoms in total. The summed E-state index contributed by atoms with van der Waals surface area (Å²) in [7, 11) is 0. The summed E-state index contributed by atoms with van der Waals surface area (Å²) in [5.74, 6) is 1.34. The largest absolute Gasteiger partial charge is 0.493 e. The molecule has 100 valence electrons. The van der Waals surface area contributed by atoms with Crippen molar-refractivity contribution in [3.05, 3.63) is 27.7 Å². The summed E-state index contributed by atoms with van der Waals surface area (Å²) in [4.78, 5) is 2.43. The number of hydrogen-bond donors (Lipinski definition) is 0. The zero-order valence-electron chi connectivity index (χ0n) is 10.9. The van der Waals surface area contributed by atoms with Gasteiger partial charge in [-0.2, -0.15) is 5.26 Å². The summed E-state index contributed by atoms with van der Waals surface area (Å²) in [5.41, 5.74) is 2.59. The number of ether oxygens (including phenoxy) is 1. The third-order valence-corrected chi connectivity index (χ3v) is 4.45. The van der Waals surface area contributed by atoms with Gasteiger partial charge in [-0.1, -0.05) is 15.9 Å². The van der Waals surface area contributed by atoms with E-state index in [0.29, 0.717) is 0 Å². The van der Waals surface area contributed by atoms with E-state index in [1.807, 2.05) is 0 Å². The van der Waals surface area contributed by atoms with Gasteiger partial charge in [-0.05, 0) is 43.6 Å². The third-order valence-electron chi connectivity index (χ3n) is 3.99. The maximum absolute atomic E-state index is 8.94. The van der Waals surface area contributed by atoms with Crippen molar-refractivity contribution in [3.63, 3.8) is 0 Å². The van der Waals surface area contributed by atoms with Crippen molar-refractivity contribution in [2.24, 2.45) is 5.92 Å². The minimum Gasteiger partial charge on any atom is -0.493 e. The van der Waals surface area contributed by atoms with Crippen LogP contribution in [-0.4, -0.2) is 24.6 Å². The normalized spacial score (nSPS) is 19.8. The second-order valence-electron chi connectivity index (χ2n) is 5.33. The average molecular weight is 321 g/mol. The highest BCUT2D eigenvalue weighted by Crippen LogP contribution is 2.34. The highest BCUT2D eigenvalue weighted by molar-refractivity contribution is 9.10. The van der Waals surface area contributed by atoms with Crippen LogP contribution >= 0.6 is 15.9 Å². The van der Waals surface area contributed by atoms with Crippen LogP contribution in [0, 0.1) is 17.2 Å². The number of likely N-dealkylation sites (tertiary alicyclic amines) is 1. The molecule has 1 saturated heterocycles. The fourth-order valence-corrected chi connectivity index (χ4v) is 3.48. The summed E-state index contributed by atoms with van der Waals surface area (Å²) in [6.07, 6.45) is 3.00. The molecule has 2 heterocycles. The van der Waals surface area contributed by atoms with Gasteiger partial charge in [-0.15, -0.1) is 0 Å². The predicted octanol–water partition coefficient (Wildman–Crippen LogP) is 3.12. The van der Waals surface area contributed by atoms with Crippen LogP contribution in [0.1, 0.15) is 24.0 Å². The minimum absolute atomic E-state index is 0.251. The van der Waals surface area contributed by atoms with Crippen molar-refractivity contribution in [2.45, 2.75) is 25.8 Å². The molecular weight excluding hydrogens is 304 g/mol. The van der Waals surface area contributed by atoms with E-state index in [1.54, 1.807) is 0 Å². The zero-order chi connectivity index (χ0) is 13.2. The Labute approximate surface area is 122 Å². The van der Waals surface area contributed by atoms with Gasteiger partial charge in [0, 0.05) is 28.9 Å². The summed E-state index contributed by atoms with van der Waals surface area (Å²) in [6.45, 7) is 3.76. The Morgan fingerprint density at radius 3 is 2.89 bits per heavy atom. The maximum Gasteiger partial charge on any atom is 0.127 e. The molecule has 2 aliphatic rings. The second kappa shape index (κ2) is 5.52. The number of rotatable bonds is 2. The number of halogens is 1. The Kier molecular flexibility index (Phi) is 3.76. The summed E-state index contributed by atoms with van der Waals surface area (Å²) in [6, 6.07) is 6.71. The smallest absolute Gasteiger partial charge is 0.127 e. The summed E-state index contributed by atoms with van der Waals surface area (Å²) >= 11 is 3.58. The van der Waals surface area contributed by atoms with Gasteiger partial charge in [0.05, 0.1) is 12.7 Å². The lowest BCUT2D eigenvalue weighted by atomic mass is 9.98. The Hall–Kier alpha value is -1.05. The fourth-order valence-electron chi connectivity index (χ4n) is 2.92. The van der Waals surface area contributed by atoms with Gasteiger partial charge >= 0.3 is 0 Å². The van der Waals surface area contributed by atoms with E-state index in [4.69, 9.17) is 10.00 Å². The average Bonchev–Trinajstić information content (AvgIpc) is 2.88. The van der Waals surface area contributed by atoms with Gasteiger partial charge in [0.25, 0.3) is 0 Å². The first-order valence-electron chi connectivity index (χ1n) is 6.82. The third kappa shape index (κ3) is 2.77. The Morgan fingerprint density at radius 2 is 2.16 bits per heavy atom. The molecule has 0 N–H and O–H groups in total. The van der Waals surface area contributed by atoms with Crippen LogP contribution < -0.4 is 4.74 Å². The van der Waals surface area contributed by atoms with Crippen molar-refractivity contribution in [1.82, 2.24) is 4.90 Å². The lowest BCUT2D eigenvalue weighted by Crippen LogP contribution is -2.32. The van der Waals surface area contributed by atoms with Gasteiger partial charge in [0.15, 0.2) is 0 Å². The van der Waals surface area contributed by atoms with E-state index in [1.165, 1.54) is 11.1 Å². The Morgan fingerprint density at radius 1 is 1.37 bits per heavy atom. The Bertz CT molecular complexity index is 516. The molecule has 1 aromatic rings. The zero-order valence-corrected chi connectivity index (χ0v) is 12.4. The van der Waals surface area contributed by atoms with Gasteiger partial charge < -0.3 is 4.74 Å². The van der Waals surface area contributed by atoms with Gasteiger partial charge in [-0.25, -0.2) is 0 Å². The molecule has 1 aromatic carbocycles. The molecule has 0 aliphatic carbocycles. The SMILES string of the molecule is N#CC1CCN(Cc2cc(Br)cc3c2OCC3)CC1. The molecule has 0 spiro atoms. The lowest BCUT2D eigenvalue weighted by Gasteiger charge is -2.29. The standard InChI is InChI=1S/C15H17BrN2O/c16-14-7-12-3-6-19-15(12)13(8-14)10-18-4-1-11(9-17)2-5-18/h7-8,11H,1-6,10H2. The number of fused-ring (bicyclic) bond motifs is 1. The highest BCUT2D eigenvalue weighted by Gasteiger charge is 2.22. The molecule has 0 bridgehead atoms. The van der Waals surface area contributed by atoms with Gasteiger partial charge in [0.1, 0.15) is 5.75 Å². The van der Waals surface area contributed by atoms with Crippen LogP contribution in [0.15, 0.2) is 16.6 Å². The van der Waals surface area contributed by atoms with Crippen LogP contribution in [0.25, 0.3) is 0 Å². The van der Waals surface area contributed by atoms with E-state index in [-0.39, 0.29) is 5.92 Å². The molecule has 0 saturated carbocycles. The van der Waals surface area contributed by atoms with Gasteiger partial charge in [0.2, 0.25) is 0 Å². The van der Waals surface area contributed by atoms with Crippen LogP contribution in [-0.2, 0) is 13.0 Å². The fraction of sp³-hybridized carbons (Fsp3) is 0.533. The lowest BCUT2D eigenvalue weighted by molar-refractivity contribution is 0.195. The van der Waals surface area contributed by atoms with E-state index in [0.717, 1.165) is 55.7 Å². The van der Waals surface area contributed by atoms with Crippen molar-refractivity contribution >= 4 is 15.9 Å². The van der Waals surface area contributed by atoms with Crippen LogP contribution in [0.2, 0.25) is 0 Å². The topological polar surface area (TPSA) is 36.3 Å². The number of hydrogen-bond acceptors (Lipinski definition) is 3. The van der Waals surface area contributed by atoms with Crippen molar-refractivity contribution in [1.29, 1.82) is 5.26 Å². The van der Waals surface area contributed by atoms with Gasteiger partial charge in [-0.3, -0.25) is 4.90 Å². The highest BCUT2D eigenvalue weighted by atomic mass is 79.9. The van der Waals surface area contributed by atoms with E-state index >= 15 is 0 Å². The number of nitrogens with zero attached hydrogens (tertiary/aromatic N) is 2. The summed E-state index contributed by atoms with van der Waals surface area (Å²) < 4.78 is 6.91. The molecule has 0 atom stereocenters. The van der Waals surface area contributed by atoms with Crippen molar-refractivity contribution < 1.29 is 4.74 Å². The number of benzene rings is 1. The first-order valence-corrected chi connectivity index (χ1v) is 7.61. The molecule has 1 fully saturated rings. The monoisotopic (exact) mass is 320 g/mol. The maximum atomic E-state index is 8.94. The molecule has 19 heavy (non-hydrogen) atoms. The molecule has 0 radical (unpaired) electrons. The predicted molar refractivity (Wildman–Crippen MR) is 77.0 cm³/mol. The molecule has 0 aromatic heterocycles. The quantitative estimate of drug-likeness (QED) is 0.840. The first-order chi connectivity index (χ1) is 9.26. The molecule has 3 rings (SSSR count). The summed E-state index contributed by atoms with van der Waals surface area (Å²) in [5, 5.41) is 8.94. The van der Waals surface area contributed by atoms with E-state index in [9.17, 15) is 0 Å². The minimum atomic E-state index is 0.251. The van der Waals surface area contributed by atoms with E-state index in [2.05, 4.69) is 39.0 Å². The molecule has 2 aliphatic heterocycles. The number of nitriles is 1. The first kappa shape index (κ1) is 13.0. The van der Waals surface area contributed by atoms with Crippen LogP contribution in [0.5, 0.6) is 5.75 Å². The molecule has 4 heteroatoms. The molecule has 0 amide bonds. The molecular formula is C15H17BrN2O. The van der Waals surface area contributed by atoms with Crippen LogP contribution in [0.4, 0.5) is 0 Å². The molecule has 0 unspecified atom stereocenters.